The Bertz CT molecular complexity index is 361. The standard InChI is InChI=1S/C12H16F3NO2/c1-8-7-18-11(12(13,14)15,16-10(8)17)9-5-3-2-4-6-9/h9H,1-7H2,(H,16,17). The fourth-order valence-electron chi connectivity index (χ4n) is 2.67. The molecule has 102 valence electrons. The fourth-order valence-corrected chi connectivity index (χ4v) is 2.67. The van der Waals surface area contributed by atoms with Crippen molar-refractivity contribution < 1.29 is 22.7 Å². The summed E-state index contributed by atoms with van der Waals surface area (Å²) in [6.45, 7) is 3.02. The van der Waals surface area contributed by atoms with Crippen molar-refractivity contribution >= 4 is 5.91 Å². The molecule has 3 nitrogen and oxygen atoms in total. The van der Waals surface area contributed by atoms with E-state index in [1.54, 1.807) is 0 Å². The van der Waals surface area contributed by atoms with Gasteiger partial charge in [-0.1, -0.05) is 25.8 Å². The summed E-state index contributed by atoms with van der Waals surface area (Å²) in [4.78, 5) is 11.5. The molecule has 1 saturated heterocycles. The third-order valence-corrected chi connectivity index (χ3v) is 3.70. The SMILES string of the molecule is C=C1COC(C2CCCCC2)(C(F)(F)F)NC1=O. The van der Waals surface area contributed by atoms with Crippen LogP contribution in [0, 0.1) is 5.92 Å². The minimum Gasteiger partial charge on any atom is -0.342 e. The van der Waals surface area contributed by atoms with E-state index in [-0.39, 0.29) is 12.2 Å². The lowest BCUT2D eigenvalue weighted by Crippen LogP contribution is -2.68. The van der Waals surface area contributed by atoms with Crippen molar-refractivity contribution in [1.29, 1.82) is 0 Å². The Balaban J connectivity index is 2.29. The Morgan fingerprint density at radius 1 is 1.28 bits per heavy atom. The zero-order valence-corrected chi connectivity index (χ0v) is 9.98. The molecule has 2 aliphatic rings. The molecule has 1 N–H and O–H groups in total. The summed E-state index contributed by atoms with van der Waals surface area (Å²) in [5.41, 5.74) is -2.49. The molecule has 0 aromatic heterocycles. The highest BCUT2D eigenvalue weighted by molar-refractivity contribution is 5.94. The molecular formula is C12H16F3NO2. The molecule has 0 bridgehead atoms. The van der Waals surface area contributed by atoms with Gasteiger partial charge in [0, 0.05) is 11.5 Å². The summed E-state index contributed by atoms with van der Waals surface area (Å²) < 4.78 is 44.9. The number of carbonyl (C=O) groups excluding carboxylic acids is 1. The van der Waals surface area contributed by atoms with E-state index in [1.807, 2.05) is 5.32 Å². The highest BCUT2D eigenvalue weighted by Gasteiger charge is 2.63. The summed E-state index contributed by atoms with van der Waals surface area (Å²) in [7, 11) is 0. The summed E-state index contributed by atoms with van der Waals surface area (Å²) in [5.74, 6) is -1.47. The predicted octanol–water partition coefficient (Wildman–Crippen LogP) is 2.53. The molecule has 1 saturated carbocycles. The lowest BCUT2D eigenvalue weighted by atomic mass is 9.80. The average Bonchev–Trinajstić information content (AvgIpc) is 2.32. The molecule has 1 aliphatic carbocycles. The Morgan fingerprint density at radius 2 is 1.89 bits per heavy atom. The van der Waals surface area contributed by atoms with Gasteiger partial charge in [0.25, 0.3) is 5.91 Å². The van der Waals surface area contributed by atoms with E-state index in [0.29, 0.717) is 12.8 Å². The zero-order chi connectivity index (χ0) is 13.4. The molecule has 1 atom stereocenters. The Morgan fingerprint density at radius 3 is 2.39 bits per heavy atom. The summed E-state index contributed by atoms with van der Waals surface area (Å²) >= 11 is 0. The Hall–Kier alpha value is -1.04. The minimum absolute atomic E-state index is 0.0330. The first-order valence-corrected chi connectivity index (χ1v) is 6.08. The number of carbonyl (C=O) groups is 1. The van der Waals surface area contributed by atoms with Crippen LogP contribution in [0.3, 0.4) is 0 Å². The molecule has 0 radical (unpaired) electrons. The van der Waals surface area contributed by atoms with Crippen LogP contribution >= 0.6 is 0 Å². The summed E-state index contributed by atoms with van der Waals surface area (Å²) in [5, 5.41) is 2.00. The van der Waals surface area contributed by atoms with E-state index in [0.717, 1.165) is 19.3 Å². The zero-order valence-electron chi connectivity index (χ0n) is 9.98. The molecule has 0 aromatic carbocycles. The number of ether oxygens (including phenoxy) is 1. The van der Waals surface area contributed by atoms with Crippen LogP contribution < -0.4 is 5.32 Å². The van der Waals surface area contributed by atoms with Crippen molar-refractivity contribution in [1.82, 2.24) is 5.32 Å². The number of amides is 1. The predicted molar refractivity (Wildman–Crippen MR) is 58.6 cm³/mol. The van der Waals surface area contributed by atoms with Crippen molar-refractivity contribution in [3.8, 4) is 0 Å². The fraction of sp³-hybridized carbons (Fsp3) is 0.750. The van der Waals surface area contributed by atoms with E-state index < -0.39 is 23.7 Å². The molecule has 0 spiro atoms. The van der Waals surface area contributed by atoms with Crippen LogP contribution in [-0.2, 0) is 9.53 Å². The van der Waals surface area contributed by atoms with E-state index in [9.17, 15) is 18.0 Å². The van der Waals surface area contributed by atoms with Crippen LogP contribution in [0.4, 0.5) is 13.2 Å². The molecular weight excluding hydrogens is 247 g/mol. The van der Waals surface area contributed by atoms with Gasteiger partial charge >= 0.3 is 6.18 Å². The van der Waals surface area contributed by atoms with Gasteiger partial charge in [0.15, 0.2) is 0 Å². The highest BCUT2D eigenvalue weighted by atomic mass is 19.4. The Kier molecular flexibility index (Phi) is 3.40. The van der Waals surface area contributed by atoms with Gasteiger partial charge in [0.05, 0.1) is 6.61 Å². The smallest absolute Gasteiger partial charge is 0.342 e. The highest BCUT2D eigenvalue weighted by Crippen LogP contribution is 2.45. The minimum atomic E-state index is -4.61. The van der Waals surface area contributed by atoms with Crippen molar-refractivity contribution in [2.24, 2.45) is 5.92 Å². The van der Waals surface area contributed by atoms with Gasteiger partial charge in [-0.25, -0.2) is 0 Å². The van der Waals surface area contributed by atoms with Gasteiger partial charge in [0.1, 0.15) is 0 Å². The van der Waals surface area contributed by atoms with Crippen molar-refractivity contribution in [2.45, 2.75) is 44.0 Å². The van der Waals surface area contributed by atoms with E-state index >= 15 is 0 Å². The van der Waals surface area contributed by atoms with Crippen LogP contribution in [0.25, 0.3) is 0 Å². The molecule has 1 amide bonds. The van der Waals surface area contributed by atoms with Crippen LogP contribution in [0.1, 0.15) is 32.1 Å². The molecule has 1 aliphatic heterocycles. The monoisotopic (exact) mass is 263 g/mol. The second kappa shape index (κ2) is 4.57. The third-order valence-electron chi connectivity index (χ3n) is 3.70. The molecule has 1 heterocycles. The quantitative estimate of drug-likeness (QED) is 0.738. The maximum Gasteiger partial charge on any atom is 0.436 e. The first kappa shape index (κ1) is 13.4. The third kappa shape index (κ3) is 2.13. The van der Waals surface area contributed by atoms with Gasteiger partial charge < -0.3 is 10.1 Å². The number of rotatable bonds is 1. The van der Waals surface area contributed by atoms with Gasteiger partial charge in [-0.15, -0.1) is 0 Å². The summed E-state index contributed by atoms with van der Waals surface area (Å²) in [6, 6.07) is 0. The first-order valence-electron chi connectivity index (χ1n) is 6.08. The van der Waals surface area contributed by atoms with Crippen LogP contribution in [0.5, 0.6) is 0 Å². The average molecular weight is 263 g/mol. The van der Waals surface area contributed by atoms with Gasteiger partial charge in [-0.05, 0) is 12.8 Å². The molecule has 1 unspecified atom stereocenters. The molecule has 2 fully saturated rings. The van der Waals surface area contributed by atoms with Crippen LogP contribution in [0.2, 0.25) is 0 Å². The molecule has 6 heteroatoms. The number of nitrogens with one attached hydrogen (secondary N) is 1. The van der Waals surface area contributed by atoms with Crippen molar-refractivity contribution in [3.05, 3.63) is 12.2 Å². The maximum atomic E-state index is 13.3. The maximum absolute atomic E-state index is 13.3. The van der Waals surface area contributed by atoms with Gasteiger partial charge in [-0.2, -0.15) is 13.2 Å². The van der Waals surface area contributed by atoms with E-state index in [4.69, 9.17) is 4.74 Å². The topological polar surface area (TPSA) is 38.3 Å². The van der Waals surface area contributed by atoms with Gasteiger partial charge in [0.2, 0.25) is 5.72 Å². The second-order valence-electron chi connectivity index (χ2n) is 4.91. The molecule has 0 aromatic rings. The Labute approximate surface area is 103 Å². The van der Waals surface area contributed by atoms with E-state index in [1.165, 1.54) is 0 Å². The number of alkyl halides is 3. The number of hydrogen-bond acceptors (Lipinski definition) is 2. The lowest BCUT2D eigenvalue weighted by molar-refractivity contribution is -0.312. The molecule has 18 heavy (non-hydrogen) atoms. The van der Waals surface area contributed by atoms with Gasteiger partial charge in [-0.3, -0.25) is 4.79 Å². The second-order valence-corrected chi connectivity index (χ2v) is 4.91. The largest absolute Gasteiger partial charge is 0.436 e. The van der Waals surface area contributed by atoms with Crippen LogP contribution in [-0.4, -0.2) is 24.4 Å². The van der Waals surface area contributed by atoms with Crippen molar-refractivity contribution in [2.75, 3.05) is 6.61 Å². The van der Waals surface area contributed by atoms with Crippen molar-refractivity contribution in [3.63, 3.8) is 0 Å². The first-order chi connectivity index (χ1) is 8.37. The lowest BCUT2D eigenvalue weighted by Gasteiger charge is -2.45. The number of halogens is 3. The number of hydrogen-bond donors (Lipinski definition) is 1. The summed E-state index contributed by atoms with van der Waals surface area (Å²) in [6.07, 6.45) is -1.35. The van der Waals surface area contributed by atoms with Crippen LogP contribution in [0.15, 0.2) is 12.2 Å². The van der Waals surface area contributed by atoms with E-state index in [2.05, 4.69) is 6.58 Å². The normalized spacial score (nSPS) is 31.3. The molecule has 2 rings (SSSR count).